The van der Waals surface area contributed by atoms with Gasteiger partial charge in [-0.25, -0.2) is 0 Å². The van der Waals surface area contributed by atoms with Crippen molar-refractivity contribution in [2.24, 2.45) is 5.10 Å². The average molecular weight is 462 g/mol. The molecule has 2 aromatic carbocycles. The van der Waals surface area contributed by atoms with Crippen LogP contribution in [0.4, 0.5) is 24.5 Å². The van der Waals surface area contributed by atoms with Gasteiger partial charge in [-0.05, 0) is 50.1 Å². The second kappa shape index (κ2) is 8.70. The maximum atomic E-state index is 13.0. The van der Waals surface area contributed by atoms with Crippen LogP contribution in [-0.4, -0.2) is 11.6 Å². The summed E-state index contributed by atoms with van der Waals surface area (Å²) >= 11 is 6.12. The van der Waals surface area contributed by atoms with E-state index >= 15 is 0 Å². The van der Waals surface area contributed by atoms with Crippen molar-refractivity contribution in [3.05, 3.63) is 81.8 Å². The van der Waals surface area contributed by atoms with Crippen LogP contribution >= 0.6 is 11.6 Å². The van der Waals surface area contributed by atoms with Crippen LogP contribution in [0.3, 0.4) is 0 Å². The molecule has 4 rings (SSSR count). The van der Waals surface area contributed by atoms with Gasteiger partial charge < -0.3 is 9.73 Å². The number of hydrazone groups is 1. The van der Waals surface area contributed by atoms with Crippen molar-refractivity contribution >= 4 is 34.6 Å². The Balaban J connectivity index is 1.60. The van der Waals surface area contributed by atoms with Gasteiger partial charge in [0.1, 0.15) is 5.76 Å². The maximum Gasteiger partial charge on any atom is 0.416 e. The van der Waals surface area contributed by atoms with Crippen molar-refractivity contribution in [3.63, 3.8) is 0 Å². The molecule has 0 atom stereocenters. The van der Waals surface area contributed by atoms with Gasteiger partial charge in [0.25, 0.3) is 5.91 Å². The zero-order valence-corrected chi connectivity index (χ0v) is 17.8. The summed E-state index contributed by atoms with van der Waals surface area (Å²) < 4.78 is 44.7. The Morgan fingerprint density at radius 3 is 2.66 bits per heavy atom. The molecule has 0 bridgehead atoms. The lowest BCUT2D eigenvalue weighted by atomic mass is 9.93. The second-order valence-corrected chi connectivity index (χ2v) is 7.80. The number of para-hydroxylation sites is 1. The summed E-state index contributed by atoms with van der Waals surface area (Å²) in [5.41, 5.74) is 4.59. The van der Waals surface area contributed by atoms with E-state index in [1.165, 1.54) is 12.1 Å². The van der Waals surface area contributed by atoms with Crippen molar-refractivity contribution < 1.29 is 22.4 Å². The van der Waals surface area contributed by atoms with Crippen LogP contribution in [0.1, 0.15) is 45.8 Å². The van der Waals surface area contributed by atoms with E-state index in [2.05, 4.69) is 15.8 Å². The normalized spacial score (nSPS) is 14.8. The number of nitrogens with one attached hydrogen (secondary N) is 2. The summed E-state index contributed by atoms with van der Waals surface area (Å²) in [6, 6.07) is 11.7. The molecule has 0 unspecified atom stereocenters. The van der Waals surface area contributed by atoms with Gasteiger partial charge in [-0.15, -0.1) is 0 Å². The highest BCUT2D eigenvalue weighted by atomic mass is 35.5. The molecule has 1 aliphatic rings. The fourth-order valence-electron chi connectivity index (χ4n) is 3.64. The Labute approximate surface area is 187 Å². The smallest absolute Gasteiger partial charge is 0.416 e. The van der Waals surface area contributed by atoms with Gasteiger partial charge in [-0.3, -0.25) is 10.2 Å². The Morgan fingerprint density at radius 2 is 1.91 bits per heavy atom. The summed E-state index contributed by atoms with van der Waals surface area (Å²) in [5.74, 6) is 0.349. The summed E-state index contributed by atoms with van der Waals surface area (Å²) in [6.07, 6.45) is -2.45. The number of alkyl halides is 3. The third-order valence-electron chi connectivity index (χ3n) is 5.16. The van der Waals surface area contributed by atoms with E-state index in [0.29, 0.717) is 46.2 Å². The largest absolute Gasteiger partial charge is 0.455 e. The van der Waals surface area contributed by atoms with E-state index in [0.717, 1.165) is 18.6 Å². The predicted molar refractivity (Wildman–Crippen MR) is 117 cm³/mol. The molecule has 1 amide bonds. The number of carbonyl (C=O) groups excluding carboxylic acids is 1. The number of fused-ring (bicyclic) bond motifs is 1. The molecule has 1 aromatic heterocycles. The second-order valence-electron chi connectivity index (χ2n) is 7.39. The predicted octanol–water partition coefficient (Wildman–Crippen LogP) is 6.67. The zero-order valence-electron chi connectivity index (χ0n) is 17.0. The number of halogens is 4. The number of nitrogens with zero attached hydrogens (tertiary/aromatic N) is 1. The number of rotatable bonds is 4. The molecule has 32 heavy (non-hydrogen) atoms. The molecule has 0 aliphatic heterocycles. The molecule has 3 aromatic rings. The highest BCUT2D eigenvalue weighted by Gasteiger charge is 2.31. The van der Waals surface area contributed by atoms with Crippen molar-refractivity contribution in [2.75, 3.05) is 10.7 Å². The minimum Gasteiger partial charge on any atom is -0.455 e. The van der Waals surface area contributed by atoms with Crippen molar-refractivity contribution in [3.8, 4) is 0 Å². The molecule has 1 aliphatic carbocycles. The molecule has 166 valence electrons. The van der Waals surface area contributed by atoms with Gasteiger partial charge in [-0.1, -0.05) is 29.8 Å². The van der Waals surface area contributed by atoms with Crippen molar-refractivity contribution in [1.82, 2.24) is 0 Å². The van der Waals surface area contributed by atoms with Gasteiger partial charge >= 0.3 is 6.18 Å². The minimum atomic E-state index is -4.44. The van der Waals surface area contributed by atoms with E-state index in [1.54, 1.807) is 31.2 Å². The third-order valence-corrected chi connectivity index (χ3v) is 5.49. The standard InChI is InChI=1S/C23H19ClF3N3O2/c1-13-20-18(30-29-15-7-4-6-14(12-15)23(25,26)27)10-5-11-19(20)32-21(13)22(31)28-17-9-3-2-8-16(17)24/h2-4,6-9,12,29H,5,10-11H2,1H3,(H,28,31)/b30-18+. The first-order valence-electron chi connectivity index (χ1n) is 9.92. The van der Waals surface area contributed by atoms with Gasteiger partial charge in [0.05, 0.1) is 27.7 Å². The Hall–Kier alpha value is -3.26. The van der Waals surface area contributed by atoms with Crippen LogP contribution in [-0.2, 0) is 12.6 Å². The van der Waals surface area contributed by atoms with E-state index in [4.69, 9.17) is 16.0 Å². The number of hydrogen-bond donors (Lipinski definition) is 2. The number of carbonyl (C=O) groups is 1. The van der Waals surface area contributed by atoms with Crippen LogP contribution in [0.5, 0.6) is 0 Å². The number of aryl methyl sites for hydroxylation is 1. The fraction of sp³-hybridized carbons (Fsp3) is 0.217. The number of furan rings is 1. The summed E-state index contributed by atoms with van der Waals surface area (Å²) in [5, 5.41) is 7.48. The van der Waals surface area contributed by atoms with Gasteiger partial charge in [-0.2, -0.15) is 18.3 Å². The highest BCUT2D eigenvalue weighted by Crippen LogP contribution is 2.32. The highest BCUT2D eigenvalue weighted by molar-refractivity contribution is 6.33. The van der Waals surface area contributed by atoms with Gasteiger partial charge in [0.2, 0.25) is 0 Å². The van der Waals surface area contributed by atoms with E-state index in [9.17, 15) is 18.0 Å². The average Bonchev–Trinajstić information content (AvgIpc) is 3.11. The molecule has 0 radical (unpaired) electrons. The Kier molecular flexibility index (Phi) is 5.97. The van der Waals surface area contributed by atoms with E-state index in [1.807, 2.05) is 0 Å². The van der Waals surface area contributed by atoms with E-state index in [-0.39, 0.29) is 11.4 Å². The van der Waals surface area contributed by atoms with Crippen LogP contribution in [0.15, 0.2) is 58.0 Å². The number of anilines is 2. The molecular weight excluding hydrogens is 443 g/mol. The molecule has 5 nitrogen and oxygen atoms in total. The first kappa shape index (κ1) is 22.0. The van der Waals surface area contributed by atoms with Crippen molar-refractivity contribution in [1.29, 1.82) is 0 Å². The van der Waals surface area contributed by atoms with Crippen molar-refractivity contribution in [2.45, 2.75) is 32.4 Å². The lowest BCUT2D eigenvalue weighted by Gasteiger charge is -2.14. The van der Waals surface area contributed by atoms with Crippen LogP contribution in [0.2, 0.25) is 5.02 Å². The van der Waals surface area contributed by atoms with E-state index < -0.39 is 17.6 Å². The van der Waals surface area contributed by atoms with Gasteiger partial charge in [0, 0.05) is 17.5 Å². The molecule has 0 fully saturated rings. The van der Waals surface area contributed by atoms with Crippen LogP contribution in [0.25, 0.3) is 0 Å². The zero-order chi connectivity index (χ0) is 22.9. The Bertz CT molecular complexity index is 1200. The molecule has 9 heteroatoms. The lowest BCUT2D eigenvalue weighted by molar-refractivity contribution is -0.137. The molecule has 0 saturated heterocycles. The quantitative estimate of drug-likeness (QED) is 0.427. The minimum absolute atomic E-state index is 0.156. The maximum absolute atomic E-state index is 13.0. The third kappa shape index (κ3) is 4.50. The number of hydrogen-bond acceptors (Lipinski definition) is 4. The summed E-state index contributed by atoms with van der Waals surface area (Å²) in [6.45, 7) is 1.76. The topological polar surface area (TPSA) is 66.6 Å². The number of amides is 1. The molecule has 2 N–H and O–H groups in total. The summed E-state index contributed by atoms with van der Waals surface area (Å²) in [4.78, 5) is 12.8. The lowest BCUT2D eigenvalue weighted by Crippen LogP contribution is -2.14. The first-order valence-corrected chi connectivity index (χ1v) is 10.3. The number of benzene rings is 2. The molecule has 1 heterocycles. The van der Waals surface area contributed by atoms with Crippen LogP contribution in [0, 0.1) is 6.92 Å². The summed E-state index contributed by atoms with van der Waals surface area (Å²) in [7, 11) is 0. The molecule has 0 saturated carbocycles. The Morgan fingerprint density at radius 1 is 1.12 bits per heavy atom. The fourth-order valence-corrected chi connectivity index (χ4v) is 3.82. The van der Waals surface area contributed by atoms with Crippen LogP contribution < -0.4 is 10.7 Å². The van der Waals surface area contributed by atoms with Gasteiger partial charge in [0.15, 0.2) is 5.76 Å². The molecular formula is C23H19ClF3N3O2. The monoisotopic (exact) mass is 461 g/mol. The molecule has 0 spiro atoms. The first-order chi connectivity index (χ1) is 15.2. The SMILES string of the molecule is Cc1c(C(=O)Nc2ccccc2Cl)oc2c1/C(=N/Nc1cccc(C(F)(F)F)c1)CCC2.